The van der Waals surface area contributed by atoms with E-state index in [-0.39, 0.29) is 30.4 Å². The summed E-state index contributed by atoms with van der Waals surface area (Å²) in [4.78, 5) is 4.56. The molecule has 1 aliphatic carbocycles. The van der Waals surface area contributed by atoms with Crippen molar-refractivity contribution in [1.29, 1.82) is 0 Å². The number of nitrogens with one attached hydrogen (secondary N) is 1. The maximum absolute atomic E-state index is 4.56. The van der Waals surface area contributed by atoms with Crippen LogP contribution in [0.2, 0.25) is 0 Å². The number of benzene rings is 2. The van der Waals surface area contributed by atoms with Crippen LogP contribution in [-0.2, 0) is 17.7 Å². The smallest absolute Gasteiger partial charge is 1.00 e. The first-order chi connectivity index (χ1) is 9.47. The van der Waals surface area contributed by atoms with Crippen LogP contribution < -0.4 is 28.6 Å². The molecule has 1 nitrogen and oxygen atoms in total. The molecule has 2 aromatic carbocycles. The first-order valence-electron chi connectivity index (χ1n) is 7.12. The zero-order chi connectivity index (χ0) is 14.3. The van der Waals surface area contributed by atoms with Gasteiger partial charge in [0.25, 0.3) is 0 Å². The number of rotatable bonds is 2. The third-order valence-electron chi connectivity index (χ3n) is 3.72. The van der Waals surface area contributed by atoms with Gasteiger partial charge in [0.15, 0.2) is 0 Å². The zero-order valence-corrected chi connectivity index (χ0v) is 16.2. The van der Waals surface area contributed by atoms with Crippen molar-refractivity contribution in [3.05, 3.63) is 59.7 Å². The van der Waals surface area contributed by atoms with Crippen LogP contribution >= 0.6 is 0 Å². The predicted molar refractivity (Wildman–Crippen MR) is 83.7 cm³/mol. The van der Waals surface area contributed by atoms with Crippen LogP contribution in [0, 0.1) is 0 Å². The molecule has 0 saturated carbocycles. The van der Waals surface area contributed by atoms with E-state index in [0.29, 0.717) is 4.22 Å². The Hall–Kier alpha value is -0.436. The van der Waals surface area contributed by atoms with E-state index in [4.69, 9.17) is 0 Å². The topological polar surface area (TPSA) is 12.0 Å². The Balaban J connectivity index is 0.00000121. The van der Waals surface area contributed by atoms with E-state index in [1.165, 1.54) is 22.3 Å². The first-order valence-corrected chi connectivity index (χ1v) is 9.91. The summed E-state index contributed by atoms with van der Waals surface area (Å²) in [5.41, 5.74) is 5.88. The minimum atomic E-state index is -1.66. The molecular weight excluding hydrogens is 349 g/mol. The van der Waals surface area contributed by atoms with Crippen LogP contribution in [0.25, 0.3) is 11.1 Å². The second-order valence-electron chi connectivity index (χ2n) is 6.51. The van der Waals surface area contributed by atoms with Crippen molar-refractivity contribution >= 4 is 4.82 Å². The average Bonchev–Trinajstić information content (AvgIpc) is 2.71. The normalized spacial score (nSPS) is 12.3. The van der Waals surface area contributed by atoms with E-state index in [0.717, 1.165) is 0 Å². The average molecular weight is 370 g/mol. The Morgan fingerprint density at radius 3 is 1.68 bits per heavy atom. The molecule has 0 aliphatic heterocycles. The minimum absolute atomic E-state index is 0. The van der Waals surface area contributed by atoms with E-state index in [1.807, 2.05) is 0 Å². The fraction of sp³-hybridized carbons (Fsp3) is 0.278. The third kappa shape index (κ3) is 3.72. The molecule has 0 unspecified atom stereocenters. The number of halogens is 2. The molecule has 22 heavy (non-hydrogen) atoms. The van der Waals surface area contributed by atoms with E-state index in [1.54, 1.807) is 0 Å². The van der Waals surface area contributed by atoms with E-state index >= 15 is 0 Å². The van der Waals surface area contributed by atoms with Gasteiger partial charge in [-0.2, -0.15) is 0 Å². The molecule has 0 spiro atoms. The second kappa shape index (κ2) is 7.42. The van der Waals surface area contributed by atoms with Gasteiger partial charge in [0, 0.05) is 0 Å². The summed E-state index contributed by atoms with van der Waals surface area (Å²) < 4.78 is 4.30. The Labute approximate surface area is 152 Å². The van der Waals surface area contributed by atoms with Gasteiger partial charge in [-0.1, -0.05) is 0 Å². The molecule has 0 amide bonds. The van der Waals surface area contributed by atoms with Crippen molar-refractivity contribution in [2.24, 2.45) is 0 Å². The SMILES string of the molecule is [CH2]=[Ti+2]([NH]C(C)(C)C)[CH]1c2ccccc2-c2ccccc21.[Cl-].[Cl-]. The van der Waals surface area contributed by atoms with Crippen LogP contribution in [0.4, 0.5) is 0 Å². The van der Waals surface area contributed by atoms with Gasteiger partial charge in [-0.3, -0.25) is 0 Å². The molecule has 1 N–H and O–H groups in total. The van der Waals surface area contributed by atoms with Gasteiger partial charge >= 0.3 is 128 Å². The fourth-order valence-electron chi connectivity index (χ4n) is 3.08. The van der Waals surface area contributed by atoms with Crippen LogP contribution in [0.3, 0.4) is 0 Å². The fourth-order valence-corrected chi connectivity index (χ4v) is 6.77. The molecule has 0 radical (unpaired) electrons. The van der Waals surface area contributed by atoms with Gasteiger partial charge in [0.2, 0.25) is 0 Å². The summed E-state index contributed by atoms with van der Waals surface area (Å²) in [7, 11) is 0. The van der Waals surface area contributed by atoms with Crippen molar-refractivity contribution in [1.82, 2.24) is 3.80 Å². The molecule has 0 atom stereocenters. The van der Waals surface area contributed by atoms with Gasteiger partial charge < -0.3 is 24.8 Å². The van der Waals surface area contributed by atoms with Crippen LogP contribution in [0.5, 0.6) is 0 Å². The maximum atomic E-state index is 4.56. The summed E-state index contributed by atoms with van der Waals surface area (Å²) >= 11 is -1.66. The molecule has 3 rings (SSSR count). The van der Waals surface area contributed by atoms with Gasteiger partial charge in [-0.15, -0.1) is 0 Å². The van der Waals surface area contributed by atoms with Gasteiger partial charge in [0.1, 0.15) is 0 Å². The summed E-state index contributed by atoms with van der Waals surface area (Å²) in [5, 5.41) is 0. The molecule has 4 heteroatoms. The van der Waals surface area contributed by atoms with Crippen molar-refractivity contribution in [3.63, 3.8) is 0 Å². The Kier molecular flexibility index (Phi) is 6.62. The standard InChI is InChI=1S/C13H9.C4H10N.CH2.2ClH.Ti/c1-3-7-12-10(5-1)9-11-6-2-4-8-13(11)12;1-4(2,3)5;;;;/h1-9H;5H,1-3H3;1H2;2*1H;/q;-1;;;;+3/p-2. The molecule has 0 bridgehead atoms. The first kappa shape index (κ1) is 19.6. The monoisotopic (exact) mass is 369 g/mol. The molecule has 0 heterocycles. The zero-order valence-electron chi connectivity index (χ0n) is 13.2. The largest absolute Gasteiger partial charge is 1.00 e. The Bertz CT molecular complexity index is 631. The molecule has 0 aromatic heterocycles. The predicted octanol–water partition coefficient (Wildman–Crippen LogP) is -1.88. The van der Waals surface area contributed by atoms with Crippen LogP contribution in [-0.4, -0.2) is 10.4 Å². The van der Waals surface area contributed by atoms with Crippen LogP contribution in [0.1, 0.15) is 36.1 Å². The molecule has 2 aromatic rings. The molecule has 0 saturated heterocycles. The van der Waals surface area contributed by atoms with Crippen LogP contribution in [0.15, 0.2) is 48.5 Å². The molecule has 0 fully saturated rings. The molecule has 116 valence electrons. The van der Waals surface area contributed by atoms with E-state index in [2.05, 4.69) is 77.9 Å². The summed E-state index contributed by atoms with van der Waals surface area (Å²) in [6.45, 7) is 6.70. The second-order valence-corrected chi connectivity index (χ2v) is 9.44. The van der Waals surface area contributed by atoms with Gasteiger partial charge in [0.05, 0.1) is 0 Å². The van der Waals surface area contributed by atoms with E-state index < -0.39 is 17.7 Å². The van der Waals surface area contributed by atoms with Crippen molar-refractivity contribution in [2.75, 3.05) is 0 Å². The summed E-state index contributed by atoms with van der Waals surface area (Å²) in [6, 6.07) is 17.6. The summed E-state index contributed by atoms with van der Waals surface area (Å²) in [6.07, 6.45) is 0. The van der Waals surface area contributed by atoms with Gasteiger partial charge in [-0.25, -0.2) is 0 Å². The molecular formula is C18H21Cl2NTi. The number of hydrogen-bond acceptors (Lipinski definition) is 1. The van der Waals surface area contributed by atoms with Crippen molar-refractivity contribution in [3.8, 4) is 11.1 Å². The van der Waals surface area contributed by atoms with Gasteiger partial charge in [-0.05, 0) is 0 Å². The minimum Gasteiger partial charge on any atom is -1.00 e. The maximum Gasteiger partial charge on any atom is -1.00 e. The number of hydrogen-bond donors (Lipinski definition) is 1. The molecule has 1 aliphatic rings. The number of fused-ring (bicyclic) bond motifs is 3. The van der Waals surface area contributed by atoms with Crippen molar-refractivity contribution in [2.45, 2.75) is 30.5 Å². The Morgan fingerprint density at radius 1 is 0.864 bits per heavy atom. The third-order valence-corrected chi connectivity index (χ3v) is 7.45. The Morgan fingerprint density at radius 2 is 1.27 bits per heavy atom. The quantitative estimate of drug-likeness (QED) is 0.611. The van der Waals surface area contributed by atoms with Crippen molar-refractivity contribution < 1.29 is 42.5 Å². The summed E-state index contributed by atoms with van der Waals surface area (Å²) in [5.74, 6) is 0. The van der Waals surface area contributed by atoms with E-state index in [9.17, 15) is 0 Å².